The maximum Gasteiger partial charge on any atom is 0.249 e. The highest BCUT2D eigenvalue weighted by molar-refractivity contribution is 6.76. The highest BCUT2D eigenvalue weighted by Gasteiger charge is 2.41. The van der Waals surface area contributed by atoms with Crippen molar-refractivity contribution in [1.82, 2.24) is 0 Å². The Morgan fingerprint density at radius 1 is 1.22 bits per heavy atom. The summed E-state index contributed by atoms with van der Waals surface area (Å²) in [5.41, 5.74) is 0.680. The molecular formula is C24H34N4O3Si. The number of carbonyl (C=O) groups is 2. The number of azo groups is 1. The molecule has 0 fully saturated rings. The summed E-state index contributed by atoms with van der Waals surface area (Å²) >= 11 is 0. The van der Waals surface area contributed by atoms with Crippen molar-refractivity contribution in [1.29, 1.82) is 0 Å². The van der Waals surface area contributed by atoms with Crippen LogP contribution < -0.4 is 4.90 Å². The van der Waals surface area contributed by atoms with Gasteiger partial charge in [-0.15, -0.1) is 0 Å². The van der Waals surface area contributed by atoms with Crippen molar-refractivity contribution in [3.63, 3.8) is 0 Å². The number of aliphatic imine (C=N–C) groups is 1. The van der Waals surface area contributed by atoms with Crippen LogP contribution in [0, 0.1) is 5.41 Å². The molecular weight excluding hydrogens is 420 g/mol. The first-order valence-corrected chi connectivity index (χ1v) is 14.8. The zero-order valence-electron chi connectivity index (χ0n) is 20.0. The van der Waals surface area contributed by atoms with Crippen LogP contribution >= 0.6 is 0 Å². The molecule has 172 valence electrons. The molecule has 1 aromatic rings. The first-order chi connectivity index (χ1) is 14.9. The Hall–Kier alpha value is -2.45. The molecule has 32 heavy (non-hydrogen) atoms. The van der Waals surface area contributed by atoms with Crippen LogP contribution in [0.2, 0.25) is 25.7 Å². The second-order valence-corrected chi connectivity index (χ2v) is 16.3. The van der Waals surface area contributed by atoms with E-state index >= 15 is 0 Å². The molecule has 0 bridgehead atoms. The third-order valence-corrected chi connectivity index (χ3v) is 7.35. The fourth-order valence-corrected chi connectivity index (χ4v) is 4.25. The Morgan fingerprint density at radius 2 is 1.94 bits per heavy atom. The van der Waals surface area contributed by atoms with Crippen molar-refractivity contribution in [3.05, 3.63) is 42.1 Å². The van der Waals surface area contributed by atoms with Crippen molar-refractivity contribution >= 4 is 31.2 Å². The molecule has 1 unspecified atom stereocenters. The van der Waals surface area contributed by atoms with Gasteiger partial charge in [0, 0.05) is 31.9 Å². The quantitative estimate of drug-likeness (QED) is 0.428. The van der Waals surface area contributed by atoms with Gasteiger partial charge in [0.25, 0.3) is 0 Å². The van der Waals surface area contributed by atoms with E-state index in [0.29, 0.717) is 24.6 Å². The minimum absolute atomic E-state index is 0.00561. The number of benzene rings is 1. The topological polar surface area (TPSA) is 83.7 Å². The van der Waals surface area contributed by atoms with E-state index in [1.807, 2.05) is 51.1 Å². The molecule has 0 aromatic heterocycles. The molecule has 0 N–H and O–H groups in total. The Morgan fingerprint density at radius 3 is 2.56 bits per heavy atom. The number of amides is 1. The van der Waals surface area contributed by atoms with Gasteiger partial charge in [-0.25, -0.2) is 0 Å². The van der Waals surface area contributed by atoms with Crippen molar-refractivity contribution in [2.75, 3.05) is 31.2 Å². The summed E-state index contributed by atoms with van der Waals surface area (Å²) in [6.45, 7) is 13.4. The molecule has 0 radical (unpaired) electrons. The lowest BCUT2D eigenvalue weighted by Gasteiger charge is -2.28. The van der Waals surface area contributed by atoms with Crippen LogP contribution in [-0.2, 0) is 14.3 Å². The van der Waals surface area contributed by atoms with Gasteiger partial charge in [-0.2, -0.15) is 10.2 Å². The zero-order chi connectivity index (χ0) is 23.6. The lowest BCUT2D eigenvalue weighted by atomic mass is 9.88. The van der Waals surface area contributed by atoms with E-state index in [1.54, 1.807) is 11.1 Å². The Bertz CT molecular complexity index is 958. The molecule has 0 saturated carbocycles. The first-order valence-electron chi connectivity index (χ1n) is 11.1. The van der Waals surface area contributed by atoms with E-state index in [2.05, 4.69) is 34.9 Å². The van der Waals surface area contributed by atoms with Crippen LogP contribution in [-0.4, -0.2) is 57.3 Å². The molecule has 0 saturated heterocycles. The van der Waals surface area contributed by atoms with E-state index in [-0.39, 0.29) is 24.8 Å². The van der Waals surface area contributed by atoms with Crippen molar-refractivity contribution in [3.8, 4) is 0 Å². The molecule has 1 atom stereocenters. The molecule has 1 aromatic carbocycles. The Kier molecular flexibility index (Phi) is 6.95. The van der Waals surface area contributed by atoms with Crippen molar-refractivity contribution in [2.45, 2.75) is 52.0 Å². The summed E-state index contributed by atoms with van der Waals surface area (Å²) in [5.74, 6) is -0.215. The third kappa shape index (κ3) is 5.47. The SMILES string of the molecule is CC(C)(C)C(=O)CN1C(=O)CN=C(C2(COCC[Si](C)(C)C)C=CN=N2)c2ccccc21. The minimum atomic E-state index is -1.22. The van der Waals surface area contributed by atoms with Gasteiger partial charge in [-0.3, -0.25) is 14.6 Å². The van der Waals surface area contributed by atoms with Crippen molar-refractivity contribution < 1.29 is 14.3 Å². The smallest absolute Gasteiger partial charge is 0.249 e. The Labute approximate surface area is 191 Å². The monoisotopic (exact) mass is 454 g/mol. The van der Waals surface area contributed by atoms with Gasteiger partial charge in [0.1, 0.15) is 6.54 Å². The van der Waals surface area contributed by atoms with E-state index in [0.717, 1.165) is 11.6 Å². The molecule has 2 aliphatic rings. The highest BCUT2D eigenvalue weighted by Crippen LogP contribution is 2.33. The summed E-state index contributed by atoms with van der Waals surface area (Å²) in [4.78, 5) is 32.0. The molecule has 2 aliphatic heterocycles. The van der Waals surface area contributed by atoms with E-state index in [9.17, 15) is 9.59 Å². The lowest BCUT2D eigenvalue weighted by molar-refractivity contribution is -0.127. The third-order valence-electron chi connectivity index (χ3n) is 5.64. The summed E-state index contributed by atoms with van der Waals surface area (Å²) in [6.07, 6.45) is 3.54. The van der Waals surface area contributed by atoms with Gasteiger partial charge >= 0.3 is 0 Å². The van der Waals surface area contributed by atoms with Gasteiger partial charge in [0.2, 0.25) is 5.91 Å². The molecule has 0 aliphatic carbocycles. The van der Waals surface area contributed by atoms with Crippen LogP contribution in [0.1, 0.15) is 26.3 Å². The van der Waals surface area contributed by atoms with Crippen LogP contribution in [0.25, 0.3) is 0 Å². The van der Waals surface area contributed by atoms with E-state index < -0.39 is 19.0 Å². The number of fused-ring (bicyclic) bond motifs is 1. The summed E-state index contributed by atoms with van der Waals surface area (Å²) < 4.78 is 6.07. The number of ketones is 1. The number of ether oxygens (including phenoxy) is 1. The first kappa shape index (κ1) is 24.2. The molecule has 0 spiro atoms. The fraction of sp³-hybridized carbons (Fsp3) is 0.542. The maximum atomic E-state index is 13.0. The lowest BCUT2D eigenvalue weighted by Crippen LogP contribution is -2.41. The number of nitrogens with zero attached hydrogens (tertiary/aromatic N) is 4. The average Bonchev–Trinajstić information content (AvgIpc) is 3.13. The van der Waals surface area contributed by atoms with Crippen LogP contribution in [0.15, 0.2) is 51.8 Å². The zero-order valence-corrected chi connectivity index (χ0v) is 21.0. The summed E-state index contributed by atoms with van der Waals surface area (Å²) in [7, 11) is -1.22. The summed E-state index contributed by atoms with van der Waals surface area (Å²) in [6, 6.07) is 8.61. The number of benzodiazepines with no additional fused rings is 1. The van der Waals surface area contributed by atoms with E-state index in [4.69, 9.17) is 4.74 Å². The average molecular weight is 455 g/mol. The number of anilines is 1. The number of rotatable bonds is 8. The molecule has 8 heteroatoms. The van der Waals surface area contributed by atoms with Gasteiger partial charge in [0.15, 0.2) is 11.3 Å². The van der Waals surface area contributed by atoms with Crippen LogP contribution in [0.5, 0.6) is 0 Å². The largest absolute Gasteiger partial charge is 0.378 e. The minimum Gasteiger partial charge on any atom is -0.378 e. The van der Waals surface area contributed by atoms with Crippen molar-refractivity contribution in [2.24, 2.45) is 20.6 Å². The second-order valence-electron chi connectivity index (χ2n) is 10.7. The fourth-order valence-electron chi connectivity index (χ4n) is 3.49. The number of para-hydroxylation sites is 1. The predicted molar refractivity (Wildman–Crippen MR) is 130 cm³/mol. The predicted octanol–water partition coefficient (Wildman–Crippen LogP) is 4.51. The Balaban J connectivity index is 1.94. The summed E-state index contributed by atoms with van der Waals surface area (Å²) in [5, 5.41) is 8.59. The van der Waals surface area contributed by atoms with Gasteiger partial charge in [-0.05, 0) is 18.2 Å². The van der Waals surface area contributed by atoms with Crippen LogP contribution in [0.3, 0.4) is 0 Å². The number of hydrogen-bond donors (Lipinski definition) is 0. The van der Waals surface area contributed by atoms with Gasteiger partial charge in [0.05, 0.1) is 24.6 Å². The van der Waals surface area contributed by atoms with E-state index in [1.165, 1.54) is 0 Å². The molecule has 3 rings (SSSR count). The van der Waals surface area contributed by atoms with Gasteiger partial charge in [-0.1, -0.05) is 58.6 Å². The standard InChI is InChI=1S/C24H34N4O3Si/c1-23(2,3)20(29)16-28-19-10-8-7-9-18(19)22(25-15-21(28)30)24(11-12-26-27-24)17-31-13-14-32(4,5)6/h7-12H,13-17H2,1-6H3. The van der Waals surface area contributed by atoms with Crippen LogP contribution in [0.4, 0.5) is 5.69 Å². The highest BCUT2D eigenvalue weighted by atomic mass is 28.3. The number of hydrogen-bond acceptors (Lipinski definition) is 6. The van der Waals surface area contributed by atoms with Gasteiger partial charge < -0.3 is 9.64 Å². The second kappa shape index (κ2) is 9.19. The number of carbonyl (C=O) groups excluding carboxylic acids is 2. The number of Topliss-reactive ketones (excluding diaryl/α,β-unsaturated/α-hetero) is 1. The molecule has 7 nitrogen and oxygen atoms in total. The normalized spacial score (nSPS) is 20.9. The molecule has 2 heterocycles. The molecule has 1 amide bonds. The maximum absolute atomic E-state index is 13.0.